The fourth-order valence-corrected chi connectivity index (χ4v) is 5.20. The van der Waals surface area contributed by atoms with Crippen LogP contribution in [0.1, 0.15) is 53.5 Å². The molecule has 1 atom stereocenters. The van der Waals surface area contributed by atoms with E-state index in [1.54, 1.807) is 0 Å². The zero-order chi connectivity index (χ0) is 20.0. The minimum absolute atomic E-state index is 0.101. The number of carbonyl (C=O) groups excluding carboxylic acids is 1. The summed E-state index contributed by atoms with van der Waals surface area (Å²) in [6.07, 6.45) is 5.05. The number of fused-ring (bicyclic) bond motifs is 1. The Balaban J connectivity index is 1.32. The van der Waals surface area contributed by atoms with Gasteiger partial charge in [0.25, 0.3) is 5.91 Å². The molecule has 0 N–H and O–H groups in total. The number of nitrogens with zero attached hydrogens (tertiary/aromatic N) is 2. The number of piperidine rings is 1. The molecule has 5 rings (SSSR count). The molecule has 0 saturated carbocycles. The van der Waals surface area contributed by atoms with Gasteiger partial charge in [0.05, 0.1) is 13.2 Å². The van der Waals surface area contributed by atoms with Crippen LogP contribution in [-0.4, -0.2) is 47.5 Å². The minimum Gasteiger partial charge on any atom is -0.347 e. The van der Waals surface area contributed by atoms with E-state index in [-0.39, 0.29) is 5.91 Å². The molecule has 3 aliphatic rings. The molecular formula is C24H30N2O3. The van der Waals surface area contributed by atoms with Crippen molar-refractivity contribution >= 4 is 5.91 Å². The third kappa shape index (κ3) is 3.40. The highest BCUT2D eigenvalue weighted by molar-refractivity contribution is 5.94. The van der Waals surface area contributed by atoms with Crippen LogP contribution in [0.25, 0.3) is 5.69 Å². The van der Waals surface area contributed by atoms with Crippen LogP contribution in [0.3, 0.4) is 0 Å². The van der Waals surface area contributed by atoms with Crippen LogP contribution in [-0.2, 0) is 22.3 Å². The molecule has 1 unspecified atom stereocenters. The predicted molar refractivity (Wildman–Crippen MR) is 111 cm³/mol. The van der Waals surface area contributed by atoms with Crippen LogP contribution in [0.15, 0.2) is 30.3 Å². The van der Waals surface area contributed by atoms with Crippen LogP contribution in [0.2, 0.25) is 0 Å². The van der Waals surface area contributed by atoms with Crippen molar-refractivity contribution in [2.45, 2.75) is 51.7 Å². The Morgan fingerprint density at radius 2 is 1.79 bits per heavy atom. The van der Waals surface area contributed by atoms with Gasteiger partial charge in [-0.3, -0.25) is 4.79 Å². The normalized spacial score (nSPS) is 23.4. The predicted octanol–water partition coefficient (Wildman–Crippen LogP) is 3.89. The van der Waals surface area contributed by atoms with Gasteiger partial charge in [-0.1, -0.05) is 6.92 Å². The number of hydrogen-bond donors (Lipinski definition) is 0. The minimum atomic E-state index is -0.441. The van der Waals surface area contributed by atoms with Gasteiger partial charge in [0.2, 0.25) is 0 Å². The smallest absolute Gasteiger partial charge is 0.253 e. The summed E-state index contributed by atoms with van der Waals surface area (Å²) in [7, 11) is 0. The highest BCUT2D eigenvalue weighted by atomic mass is 16.7. The van der Waals surface area contributed by atoms with Crippen LogP contribution in [0.4, 0.5) is 0 Å². The Hall–Kier alpha value is -2.11. The second kappa shape index (κ2) is 7.29. The molecule has 5 heteroatoms. The van der Waals surface area contributed by atoms with E-state index in [1.807, 2.05) is 17.0 Å². The molecule has 5 nitrogen and oxygen atoms in total. The number of carbonyl (C=O) groups is 1. The number of hydrogen-bond acceptors (Lipinski definition) is 3. The molecule has 29 heavy (non-hydrogen) atoms. The first-order chi connectivity index (χ1) is 14.0. The zero-order valence-corrected chi connectivity index (χ0v) is 17.4. The van der Waals surface area contributed by atoms with E-state index >= 15 is 0 Å². The van der Waals surface area contributed by atoms with Gasteiger partial charge in [-0.25, -0.2) is 0 Å². The Morgan fingerprint density at radius 1 is 1.10 bits per heavy atom. The Bertz CT molecular complexity index is 899. The average molecular weight is 395 g/mol. The van der Waals surface area contributed by atoms with Gasteiger partial charge in [0.15, 0.2) is 5.79 Å². The molecule has 1 aromatic heterocycles. The number of amides is 1. The third-order valence-electron chi connectivity index (χ3n) is 6.82. The van der Waals surface area contributed by atoms with Gasteiger partial charge in [-0.2, -0.15) is 0 Å². The number of aryl methyl sites for hydroxylation is 1. The maximum Gasteiger partial charge on any atom is 0.253 e. The lowest BCUT2D eigenvalue weighted by atomic mass is 9.89. The van der Waals surface area contributed by atoms with Gasteiger partial charge in [0.1, 0.15) is 0 Å². The van der Waals surface area contributed by atoms with Crippen LogP contribution >= 0.6 is 0 Å². The van der Waals surface area contributed by atoms with E-state index in [1.165, 1.54) is 29.8 Å². The standard InChI is InChI=1S/C24H30N2O3/c1-17-3-8-22-20(15-17)16-18(2)26(22)21-6-4-19(5-7-21)23(27)25-11-9-24(10-12-25)28-13-14-29-24/h4-7,16-17H,3,8-15H2,1-2H3. The van der Waals surface area contributed by atoms with E-state index in [2.05, 4.69) is 36.6 Å². The lowest BCUT2D eigenvalue weighted by Crippen LogP contribution is -2.47. The molecule has 0 bridgehead atoms. The summed E-state index contributed by atoms with van der Waals surface area (Å²) in [5.74, 6) is 0.425. The molecule has 2 saturated heterocycles. The third-order valence-corrected chi connectivity index (χ3v) is 6.82. The van der Waals surface area contributed by atoms with Crippen molar-refractivity contribution in [1.82, 2.24) is 9.47 Å². The van der Waals surface area contributed by atoms with E-state index < -0.39 is 5.79 Å². The summed E-state index contributed by atoms with van der Waals surface area (Å²) in [6.45, 7) is 7.21. The molecule has 1 amide bonds. The van der Waals surface area contributed by atoms with Crippen LogP contribution in [0, 0.1) is 12.8 Å². The number of benzene rings is 1. The quantitative estimate of drug-likeness (QED) is 0.776. The monoisotopic (exact) mass is 394 g/mol. The maximum atomic E-state index is 13.0. The van der Waals surface area contributed by atoms with Crippen LogP contribution in [0.5, 0.6) is 0 Å². The Morgan fingerprint density at radius 3 is 2.48 bits per heavy atom. The molecule has 1 spiro atoms. The zero-order valence-electron chi connectivity index (χ0n) is 17.4. The highest BCUT2D eigenvalue weighted by Gasteiger charge is 2.40. The fourth-order valence-electron chi connectivity index (χ4n) is 5.20. The summed E-state index contributed by atoms with van der Waals surface area (Å²) < 4.78 is 13.9. The first-order valence-electron chi connectivity index (χ1n) is 10.9. The van der Waals surface area contributed by atoms with Gasteiger partial charge in [-0.15, -0.1) is 0 Å². The summed E-state index contributed by atoms with van der Waals surface area (Å²) in [5, 5.41) is 0. The summed E-state index contributed by atoms with van der Waals surface area (Å²) in [4.78, 5) is 14.9. The molecule has 154 valence electrons. The molecule has 2 aromatic rings. The molecule has 0 radical (unpaired) electrons. The molecule has 1 aromatic carbocycles. The van der Waals surface area contributed by atoms with Gasteiger partial charge in [0, 0.05) is 48.6 Å². The summed E-state index contributed by atoms with van der Waals surface area (Å²) >= 11 is 0. The number of likely N-dealkylation sites (tertiary alicyclic amines) is 1. The van der Waals surface area contributed by atoms with E-state index in [0.717, 1.165) is 36.4 Å². The van der Waals surface area contributed by atoms with Crippen molar-refractivity contribution in [2.75, 3.05) is 26.3 Å². The molecule has 2 aliphatic heterocycles. The maximum absolute atomic E-state index is 13.0. The Kier molecular flexibility index (Phi) is 4.75. The lowest BCUT2D eigenvalue weighted by Gasteiger charge is -2.37. The Labute approximate surface area is 172 Å². The molecule has 2 fully saturated rings. The number of rotatable bonds is 2. The first kappa shape index (κ1) is 18.9. The van der Waals surface area contributed by atoms with Crippen LogP contribution < -0.4 is 0 Å². The van der Waals surface area contributed by atoms with E-state index in [0.29, 0.717) is 26.3 Å². The van der Waals surface area contributed by atoms with Crippen molar-refractivity contribution in [2.24, 2.45) is 5.92 Å². The average Bonchev–Trinajstić information content (AvgIpc) is 3.31. The summed E-state index contributed by atoms with van der Waals surface area (Å²) in [5.41, 5.74) is 6.11. The van der Waals surface area contributed by atoms with E-state index in [9.17, 15) is 4.79 Å². The van der Waals surface area contributed by atoms with Gasteiger partial charge in [-0.05, 0) is 68.0 Å². The highest BCUT2D eigenvalue weighted by Crippen LogP contribution is 2.33. The fraction of sp³-hybridized carbons (Fsp3) is 0.542. The van der Waals surface area contributed by atoms with Crippen molar-refractivity contribution in [3.8, 4) is 5.69 Å². The second-order valence-corrected chi connectivity index (χ2v) is 8.89. The van der Waals surface area contributed by atoms with Gasteiger partial charge >= 0.3 is 0 Å². The summed E-state index contributed by atoms with van der Waals surface area (Å²) in [6, 6.07) is 10.5. The van der Waals surface area contributed by atoms with Crippen molar-refractivity contribution in [3.63, 3.8) is 0 Å². The SMILES string of the molecule is Cc1cc2c(n1-c1ccc(C(=O)N3CCC4(CC3)OCCO4)cc1)CCC(C)C2. The van der Waals surface area contributed by atoms with Crippen molar-refractivity contribution in [1.29, 1.82) is 0 Å². The topological polar surface area (TPSA) is 43.7 Å². The van der Waals surface area contributed by atoms with Gasteiger partial charge < -0.3 is 18.9 Å². The van der Waals surface area contributed by atoms with Crippen molar-refractivity contribution < 1.29 is 14.3 Å². The lowest BCUT2D eigenvalue weighted by molar-refractivity contribution is -0.181. The largest absolute Gasteiger partial charge is 0.347 e. The molecular weight excluding hydrogens is 364 g/mol. The number of ether oxygens (including phenoxy) is 2. The molecule has 1 aliphatic carbocycles. The van der Waals surface area contributed by atoms with E-state index in [4.69, 9.17) is 9.47 Å². The second-order valence-electron chi connectivity index (χ2n) is 8.89. The number of aromatic nitrogens is 1. The molecule has 3 heterocycles. The van der Waals surface area contributed by atoms with Crippen molar-refractivity contribution in [3.05, 3.63) is 52.8 Å². The first-order valence-corrected chi connectivity index (χ1v) is 10.9.